The Kier molecular flexibility index (Phi) is 5.98. The molecule has 0 atom stereocenters. The molecule has 1 aromatic carbocycles. The molecule has 6 nitrogen and oxygen atoms in total. The minimum Gasteiger partial charge on any atom is -0.403 e. The van der Waals surface area contributed by atoms with E-state index in [4.69, 9.17) is 11.6 Å². The highest BCUT2D eigenvalue weighted by Crippen LogP contribution is 2.23. The van der Waals surface area contributed by atoms with Crippen molar-refractivity contribution in [1.29, 1.82) is 0 Å². The van der Waals surface area contributed by atoms with Crippen LogP contribution in [0.1, 0.15) is 25.3 Å². The minimum atomic E-state index is 0.770. The first kappa shape index (κ1) is 19.2. The first-order valence-corrected chi connectivity index (χ1v) is 9.44. The van der Waals surface area contributed by atoms with E-state index in [0.717, 1.165) is 59.1 Å². The second kappa shape index (κ2) is 8.41. The third kappa shape index (κ3) is 4.78. The number of likely N-dealkylation sites (tertiary alicyclic amines) is 1. The van der Waals surface area contributed by atoms with E-state index in [1.54, 1.807) is 7.05 Å². The lowest BCUT2D eigenvalue weighted by molar-refractivity contribution is 0.207. The molecular weight excluding hydrogens is 336 g/mol. The molecule has 0 amide bonds. The van der Waals surface area contributed by atoms with Gasteiger partial charge in [-0.2, -0.15) is 0 Å². The van der Waals surface area contributed by atoms with Crippen LogP contribution in [0, 0.1) is 5.92 Å². The number of pyridine rings is 1. The first-order valence-electron chi connectivity index (χ1n) is 9.44. The lowest BCUT2D eigenvalue weighted by Crippen LogP contribution is -2.35. The highest BCUT2D eigenvalue weighted by Gasteiger charge is 2.16. The number of hydrogen-bond donors (Lipinski definition) is 3. The fourth-order valence-electron chi connectivity index (χ4n) is 3.50. The number of rotatable bonds is 6. The zero-order chi connectivity index (χ0) is 19.4. The van der Waals surface area contributed by atoms with Gasteiger partial charge in [0.15, 0.2) is 0 Å². The maximum Gasteiger partial charge on any atom is 0.130 e. The van der Waals surface area contributed by atoms with Gasteiger partial charge in [-0.1, -0.05) is 25.6 Å². The van der Waals surface area contributed by atoms with Crippen molar-refractivity contribution >= 4 is 22.3 Å². The first-order chi connectivity index (χ1) is 13.0. The number of benzene rings is 1. The third-order valence-electron chi connectivity index (χ3n) is 5.15. The predicted octanol–water partition coefficient (Wildman–Crippen LogP) is 2.95. The molecule has 5 N–H and O–H groups in total. The molecule has 2 aromatic rings. The molecule has 1 fully saturated rings. The molecule has 1 aliphatic rings. The van der Waals surface area contributed by atoms with Gasteiger partial charge in [0.1, 0.15) is 5.82 Å². The Labute approximate surface area is 161 Å². The third-order valence-corrected chi connectivity index (χ3v) is 5.15. The van der Waals surface area contributed by atoms with Crippen molar-refractivity contribution in [3.63, 3.8) is 0 Å². The quantitative estimate of drug-likeness (QED) is 0.538. The molecule has 3 rings (SSSR count). The van der Waals surface area contributed by atoms with Crippen molar-refractivity contribution in [2.45, 2.75) is 19.8 Å². The molecular formula is C21H30N6. The molecule has 1 aromatic heterocycles. The summed E-state index contributed by atoms with van der Waals surface area (Å²) in [7, 11) is 1.77. The van der Waals surface area contributed by atoms with Crippen LogP contribution in [-0.2, 0) is 0 Å². The van der Waals surface area contributed by atoms with Crippen LogP contribution in [-0.4, -0.2) is 41.6 Å². The van der Waals surface area contributed by atoms with Crippen molar-refractivity contribution < 1.29 is 0 Å². The van der Waals surface area contributed by atoms with E-state index >= 15 is 0 Å². The van der Waals surface area contributed by atoms with Crippen molar-refractivity contribution in [1.82, 2.24) is 14.9 Å². The Hall–Kier alpha value is -2.57. The van der Waals surface area contributed by atoms with E-state index in [1.165, 1.54) is 24.1 Å². The van der Waals surface area contributed by atoms with Gasteiger partial charge in [-0.3, -0.25) is 4.90 Å². The molecule has 0 radical (unpaired) electrons. The summed E-state index contributed by atoms with van der Waals surface area (Å²) in [6.45, 7) is 9.63. The van der Waals surface area contributed by atoms with Gasteiger partial charge in [0.2, 0.25) is 0 Å². The predicted molar refractivity (Wildman–Crippen MR) is 113 cm³/mol. The van der Waals surface area contributed by atoms with Gasteiger partial charge in [-0.15, -0.1) is 0 Å². The van der Waals surface area contributed by atoms with Crippen LogP contribution in [0.15, 0.2) is 48.9 Å². The lowest BCUT2D eigenvalue weighted by atomic mass is 9.99. The molecule has 0 saturated carbocycles. The average molecular weight is 367 g/mol. The summed E-state index contributed by atoms with van der Waals surface area (Å²) in [4.78, 5) is 6.97. The SMILES string of the molecule is C=C(CN1CCC(C)CC1)Nc1cc2cc(/C(=C/N)N(C)N)ccc2cn1. The molecule has 1 saturated heterocycles. The monoisotopic (exact) mass is 366 g/mol. The Bertz CT molecular complexity index is 834. The Balaban J connectivity index is 1.72. The number of hydrazine groups is 1. The van der Waals surface area contributed by atoms with E-state index < -0.39 is 0 Å². The summed E-state index contributed by atoms with van der Waals surface area (Å²) in [5, 5.41) is 7.01. The number of nitrogens with two attached hydrogens (primary N) is 2. The fraction of sp³-hybridized carbons (Fsp3) is 0.381. The topological polar surface area (TPSA) is 83.4 Å². The zero-order valence-electron chi connectivity index (χ0n) is 16.3. The normalized spacial score (nSPS) is 16.5. The summed E-state index contributed by atoms with van der Waals surface area (Å²) >= 11 is 0. The minimum absolute atomic E-state index is 0.770. The highest BCUT2D eigenvalue weighted by atomic mass is 15.4. The summed E-state index contributed by atoms with van der Waals surface area (Å²) < 4.78 is 0. The standard InChI is InChI=1S/C21H30N6/c1-15-6-8-27(9-7-15)14-16(2)25-21-11-19-10-17(20(12-22)26(3)23)4-5-18(19)13-24-21/h4-5,10-13,15H,2,6-9,14,22-23H2,1,3H3,(H,24,25)/b20-12-. The van der Waals surface area contributed by atoms with Crippen LogP contribution in [0.25, 0.3) is 16.5 Å². The van der Waals surface area contributed by atoms with Crippen LogP contribution in [0.3, 0.4) is 0 Å². The van der Waals surface area contributed by atoms with Gasteiger partial charge in [0.25, 0.3) is 0 Å². The summed E-state index contributed by atoms with van der Waals surface area (Å²) in [5.41, 5.74) is 8.42. The van der Waals surface area contributed by atoms with E-state index in [1.807, 2.05) is 24.4 Å². The highest BCUT2D eigenvalue weighted by molar-refractivity contribution is 5.87. The Morgan fingerprint density at radius 2 is 2.07 bits per heavy atom. The second-order valence-corrected chi connectivity index (χ2v) is 7.48. The van der Waals surface area contributed by atoms with Crippen LogP contribution >= 0.6 is 0 Å². The number of hydrogen-bond acceptors (Lipinski definition) is 6. The van der Waals surface area contributed by atoms with E-state index in [-0.39, 0.29) is 0 Å². The van der Waals surface area contributed by atoms with Crippen molar-refractivity contribution in [2.24, 2.45) is 17.5 Å². The fourth-order valence-corrected chi connectivity index (χ4v) is 3.50. The largest absolute Gasteiger partial charge is 0.403 e. The van der Waals surface area contributed by atoms with E-state index in [9.17, 15) is 0 Å². The van der Waals surface area contributed by atoms with Crippen molar-refractivity contribution in [3.8, 4) is 0 Å². The molecule has 6 heteroatoms. The van der Waals surface area contributed by atoms with Gasteiger partial charge in [0, 0.05) is 42.6 Å². The molecule has 0 spiro atoms. The molecule has 27 heavy (non-hydrogen) atoms. The van der Waals surface area contributed by atoms with Gasteiger partial charge in [-0.25, -0.2) is 10.8 Å². The van der Waals surface area contributed by atoms with Crippen LogP contribution in [0.4, 0.5) is 5.82 Å². The van der Waals surface area contributed by atoms with Gasteiger partial charge >= 0.3 is 0 Å². The van der Waals surface area contributed by atoms with Gasteiger partial charge in [0.05, 0.1) is 5.70 Å². The molecule has 144 valence electrons. The lowest BCUT2D eigenvalue weighted by Gasteiger charge is -2.30. The van der Waals surface area contributed by atoms with E-state index in [2.05, 4.69) is 34.8 Å². The maximum atomic E-state index is 5.86. The Morgan fingerprint density at radius 3 is 2.74 bits per heavy atom. The van der Waals surface area contributed by atoms with E-state index in [0.29, 0.717) is 0 Å². The van der Waals surface area contributed by atoms with Crippen LogP contribution in [0.5, 0.6) is 0 Å². The van der Waals surface area contributed by atoms with Crippen molar-refractivity contribution in [3.05, 3.63) is 54.5 Å². The summed E-state index contributed by atoms with van der Waals surface area (Å²) in [6, 6.07) is 8.12. The maximum absolute atomic E-state index is 5.86. The second-order valence-electron chi connectivity index (χ2n) is 7.48. The van der Waals surface area contributed by atoms with Crippen LogP contribution < -0.4 is 16.9 Å². The number of aromatic nitrogens is 1. The van der Waals surface area contributed by atoms with Crippen molar-refractivity contribution in [2.75, 3.05) is 32.0 Å². The number of nitrogens with one attached hydrogen (secondary N) is 1. The summed E-state index contributed by atoms with van der Waals surface area (Å²) in [5.74, 6) is 7.49. The molecule has 0 aliphatic carbocycles. The average Bonchev–Trinajstić information content (AvgIpc) is 2.63. The molecule has 1 aliphatic heterocycles. The number of piperidine rings is 1. The number of nitrogens with zero attached hydrogens (tertiary/aromatic N) is 3. The number of anilines is 1. The zero-order valence-corrected chi connectivity index (χ0v) is 16.3. The molecule has 0 unspecified atom stereocenters. The van der Waals surface area contributed by atoms with Gasteiger partial charge in [-0.05, 0) is 49.4 Å². The molecule has 0 bridgehead atoms. The summed E-state index contributed by atoms with van der Waals surface area (Å²) in [6.07, 6.45) is 5.91. The Morgan fingerprint density at radius 1 is 1.33 bits per heavy atom. The molecule has 2 heterocycles. The smallest absolute Gasteiger partial charge is 0.130 e. The number of fused-ring (bicyclic) bond motifs is 1. The van der Waals surface area contributed by atoms with Gasteiger partial charge < -0.3 is 16.1 Å². The van der Waals surface area contributed by atoms with Crippen LogP contribution in [0.2, 0.25) is 0 Å².